The molecule has 10 heteroatoms. The number of amides is 2. The first-order valence-electron chi connectivity index (χ1n) is 13.0. The van der Waals surface area contributed by atoms with Gasteiger partial charge in [0.25, 0.3) is 0 Å². The SMILES string of the molecule is Cc1ccc(-n2nc(C(C)(C)C)c3c2N(CC(=O)N2CCOCC2)C(=O)CS[C@H]3c2ccc(F)cc2F)cc1. The van der Waals surface area contributed by atoms with Crippen LogP contribution in [0.5, 0.6) is 0 Å². The molecule has 0 spiro atoms. The summed E-state index contributed by atoms with van der Waals surface area (Å²) < 4.78 is 36.2. The summed E-state index contributed by atoms with van der Waals surface area (Å²) in [7, 11) is 0. The summed E-state index contributed by atoms with van der Waals surface area (Å²) in [4.78, 5) is 30.3. The van der Waals surface area contributed by atoms with Crippen LogP contribution in [0.25, 0.3) is 5.69 Å². The minimum absolute atomic E-state index is 0.0179. The van der Waals surface area contributed by atoms with Gasteiger partial charge in [-0.05, 0) is 25.1 Å². The van der Waals surface area contributed by atoms with Crippen LogP contribution in [0.2, 0.25) is 0 Å². The monoisotopic (exact) mass is 554 g/mol. The molecule has 0 unspecified atom stereocenters. The number of nitrogens with zero attached hydrogens (tertiary/aromatic N) is 4. The van der Waals surface area contributed by atoms with Crippen LogP contribution < -0.4 is 4.90 Å². The first-order valence-corrected chi connectivity index (χ1v) is 14.0. The average molecular weight is 555 g/mol. The molecule has 1 atom stereocenters. The molecule has 7 nitrogen and oxygen atoms in total. The van der Waals surface area contributed by atoms with Crippen molar-refractivity contribution < 1.29 is 23.1 Å². The van der Waals surface area contributed by atoms with Gasteiger partial charge in [0.05, 0.1) is 35.6 Å². The van der Waals surface area contributed by atoms with Crippen molar-refractivity contribution in [2.75, 3.05) is 43.5 Å². The predicted molar refractivity (Wildman–Crippen MR) is 147 cm³/mol. The largest absolute Gasteiger partial charge is 0.378 e. The number of aromatic nitrogens is 2. The fraction of sp³-hybridized carbons (Fsp3) is 0.414. The zero-order valence-corrected chi connectivity index (χ0v) is 23.4. The lowest BCUT2D eigenvalue weighted by Crippen LogP contribution is -2.48. The van der Waals surface area contributed by atoms with E-state index in [-0.39, 0.29) is 29.7 Å². The van der Waals surface area contributed by atoms with Crippen LogP contribution in [-0.2, 0) is 19.7 Å². The highest BCUT2D eigenvalue weighted by molar-refractivity contribution is 8.00. The van der Waals surface area contributed by atoms with Gasteiger partial charge < -0.3 is 9.64 Å². The molecule has 0 saturated carbocycles. The number of hydrogen-bond acceptors (Lipinski definition) is 5. The highest BCUT2D eigenvalue weighted by Crippen LogP contribution is 2.49. The molecule has 1 fully saturated rings. The Hall–Kier alpha value is -3.24. The lowest BCUT2D eigenvalue weighted by Gasteiger charge is -2.30. The number of rotatable bonds is 4. The molecule has 3 aromatic rings. The Kier molecular flexibility index (Phi) is 7.52. The second-order valence-corrected chi connectivity index (χ2v) is 12.0. The number of fused-ring (bicyclic) bond motifs is 1. The van der Waals surface area contributed by atoms with E-state index in [0.717, 1.165) is 11.6 Å². The predicted octanol–water partition coefficient (Wildman–Crippen LogP) is 4.78. The van der Waals surface area contributed by atoms with Crippen molar-refractivity contribution in [2.24, 2.45) is 0 Å². The normalized spacial score (nSPS) is 18.2. The van der Waals surface area contributed by atoms with E-state index in [1.165, 1.54) is 28.8 Å². The van der Waals surface area contributed by atoms with Crippen molar-refractivity contribution in [1.29, 1.82) is 0 Å². The minimum atomic E-state index is -0.688. The van der Waals surface area contributed by atoms with Crippen LogP contribution in [0.1, 0.15) is 48.4 Å². The van der Waals surface area contributed by atoms with Gasteiger partial charge in [0, 0.05) is 35.7 Å². The Morgan fingerprint density at radius 1 is 1.10 bits per heavy atom. The summed E-state index contributed by atoms with van der Waals surface area (Å²) in [6.07, 6.45) is 0. The molecule has 3 heterocycles. The maximum Gasteiger partial charge on any atom is 0.242 e. The van der Waals surface area contributed by atoms with Crippen LogP contribution in [0.15, 0.2) is 42.5 Å². The van der Waals surface area contributed by atoms with Gasteiger partial charge in [-0.15, -0.1) is 11.8 Å². The van der Waals surface area contributed by atoms with Gasteiger partial charge in [0.15, 0.2) is 0 Å². The summed E-state index contributed by atoms with van der Waals surface area (Å²) in [5, 5.41) is 4.36. The number of thioether (sulfide) groups is 1. The van der Waals surface area contributed by atoms with Gasteiger partial charge in [0.1, 0.15) is 24.0 Å². The van der Waals surface area contributed by atoms with Gasteiger partial charge in [-0.2, -0.15) is 5.10 Å². The molecule has 2 amide bonds. The third-order valence-electron chi connectivity index (χ3n) is 6.98. The molecule has 39 heavy (non-hydrogen) atoms. The van der Waals surface area contributed by atoms with Crippen molar-refractivity contribution in [3.05, 3.63) is 76.5 Å². The van der Waals surface area contributed by atoms with E-state index in [2.05, 4.69) is 0 Å². The Labute approximate surface area is 231 Å². The summed E-state index contributed by atoms with van der Waals surface area (Å²) in [5.41, 5.74) is 2.89. The standard InChI is InChI=1S/C29H32F2N4O3S/c1-18-5-8-20(9-6-18)35-28-25(27(32-35)29(2,3)4)26(21-10-7-19(30)15-22(21)31)39-17-24(37)34(28)16-23(36)33-11-13-38-14-12-33/h5-10,15,26H,11-14,16-17H2,1-4H3/t26-/m0/s1. The minimum Gasteiger partial charge on any atom is -0.378 e. The van der Waals surface area contributed by atoms with Gasteiger partial charge in [-0.25, -0.2) is 13.5 Å². The second-order valence-electron chi connectivity index (χ2n) is 10.9. The topological polar surface area (TPSA) is 67.7 Å². The molecule has 5 rings (SSSR count). The maximum absolute atomic E-state index is 15.3. The van der Waals surface area contributed by atoms with Gasteiger partial charge in [-0.3, -0.25) is 14.5 Å². The van der Waals surface area contributed by atoms with Crippen LogP contribution in [0, 0.1) is 18.6 Å². The molecule has 0 radical (unpaired) electrons. The number of hydrogen-bond donors (Lipinski definition) is 0. The fourth-order valence-electron chi connectivity index (χ4n) is 4.95. The molecular weight excluding hydrogens is 522 g/mol. The first kappa shape index (κ1) is 27.3. The smallest absolute Gasteiger partial charge is 0.242 e. The molecule has 1 saturated heterocycles. The third kappa shape index (κ3) is 5.45. The van der Waals surface area contributed by atoms with Crippen LogP contribution in [0.4, 0.5) is 14.6 Å². The Morgan fingerprint density at radius 2 is 1.79 bits per heavy atom. The molecule has 206 valence electrons. The molecular formula is C29H32F2N4O3S. The molecule has 2 aliphatic rings. The van der Waals surface area contributed by atoms with E-state index < -0.39 is 22.3 Å². The molecule has 1 aromatic heterocycles. The number of ether oxygens (including phenoxy) is 1. The lowest BCUT2D eigenvalue weighted by molar-refractivity contribution is -0.134. The molecule has 0 N–H and O–H groups in total. The van der Waals surface area contributed by atoms with E-state index in [4.69, 9.17) is 9.84 Å². The summed E-state index contributed by atoms with van der Waals surface area (Å²) in [6, 6.07) is 11.2. The summed E-state index contributed by atoms with van der Waals surface area (Å²) in [6.45, 7) is 9.63. The van der Waals surface area contributed by atoms with E-state index in [1.54, 1.807) is 9.58 Å². The lowest BCUT2D eigenvalue weighted by atomic mass is 9.87. The maximum atomic E-state index is 15.3. The number of halogens is 2. The Morgan fingerprint density at radius 3 is 2.44 bits per heavy atom. The Balaban J connectivity index is 1.74. The van der Waals surface area contributed by atoms with Crippen molar-refractivity contribution >= 4 is 29.4 Å². The van der Waals surface area contributed by atoms with E-state index >= 15 is 4.39 Å². The summed E-state index contributed by atoms with van der Waals surface area (Å²) in [5.74, 6) is -1.37. The highest BCUT2D eigenvalue weighted by Gasteiger charge is 2.41. The number of anilines is 1. The molecule has 0 aliphatic carbocycles. The van der Waals surface area contributed by atoms with Gasteiger partial charge in [-0.1, -0.05) is 44.5 Å². The number of carbonyl (C=O) groups is 2. The molecule has 0 bridgehead atoms. The van der Waals surface area contributed by atoms with Crippen molar-refractivity contribution in [3.8, 4) is 5.69 Å². The second kappa shape index (κ2) is 10.7. The van der Waals surface area contributed by atoms with E-state index in [9.17, 15) is 14.0 Å². The summed E-state index contributed by atoms with van der Waals surface area (Å²) >= 11 is 1.26. The van der Waals surface area contributed by atoms with Crippen LogP contribution in [-0.4, -0.2) is 65.1 Å². The molecule has 2 aliphatic heterocycles. The zero-order chi connectivity index (χ0) is 27.9. The van der Waals surface area contributed by atoms with Gasteiger partial charge in [0.2, 0.25) is 11.8 Å². The van der Waals surface area contributed by atoms with Gasteiger partial charge >= 0.3 is 0 Å². The highest BCUT2D eigenvalue weighted by atomic mass is 32.2. The average Bonchev–Trinajstić information content (AvgIpc) is 3.24. The van der Waals surface area contributed by atoms with Crippen LogP contribution in [0.3, 0.4) is 0 Å². The van der Waals surface area contributed by atoms with Crippen molar-refractivity contribution in [1.82, 2.24) is 14.7 Å². The Bertz CT molecular complexity index is 1390. The van der Waals surface area contributed by atoms with Crippen molar-refractivity contribution in [3.63, 3.8) is 0 Å². The third-order valence-corrected chi connectivity index (χ3v) is 8.22. The van der Waals surface area contributed by atoms with E-state index in [1.807, 2.05) is 52.0 Å². The van der Waals surface area contributed by atoms with Crippen LogP contribution >= 0.6 is 11.8 Å². The quantitative estimate of drug-likeness (QED) is 0.464. The number of benzene rings is 2. The van der Waals surface area contributed by atoms with Crippen molar-refractivity contribution in [2.45, 2.75) is 38.4 Å². The molecule has 2 aromatic carbocycles. The first-order chi connectivity index (χ1) is 18.5. The number of carbonyl (C=O) groups excluding carboxylic acids is 2. The zero-order valence-electron chi connectivity index (χ0n) is 22.5. The fourth-order valence-corrected chi connectivity index (χ4v) is 6.17. The van der Waals surface area contributed by atoms with E-state index in [0.29, 0.717) is 49.1 Å². The number of aryl methyl sites for hydroxylation is 1. The number of morpholine rings is 1.